The molecule has 12 heavy (non-hydrogen) atoms. The third-order valence-corrected chi connectivity index (χ3v) is 1.87. The van der Waals surface area contributed by atoms with Crippen molar-refractivity contribution >= 4 is 6.09 Å². The molecule has 66 valence electrons. The van der Waals surface area contributed by atoms with Crippen LogP contribution in [0.4, 0.5) is 4.79 Å². The van der Waals surface area contributed by atoms with Gasteiger partial charge in [-0.3, -0.25) is 0 Å². The second-order valence-corrected chi connectivity index (χ2v) is 2.64. The lowest BCUT2D eigenvalue weighted by Gasteiger charge is -2.03. The van der Waals surface area contributed by atoms with Gasteiger partial charge in [-0.1, -0.05) is 0 Å². The molecule has 0 spiro atoms. The molecule has 0 radical (unpaired) electrons. The van der Waals surface area contributed by atoms with Crippen LogP contribution in [0.1, 0.15) is 17.2 Å². The number of rotatable bonds is 0. The lowest BCUT2D eigenvalue weighted by atomic mass is 10.4. The Morgan fingerprint density at radius 2 is 2.00 bits per heavy atom. The van der Waals surface area contributed by atoms with Crippen LogP contribution in [0, 0.1) is 20.8 Å². The number of hydrogen-bond acceptors (Lipinski definition) is 3. The minimum absolute atomic E-state index is 0.384. The first-order valence-electron chi connectivity index (χ1n) is 3.68. The molecule has 0 aliphatic heterocycles. The third-order valence-electron chi connectivity index (χ3n) is 1.87. The van der Waals surface area contributed by atoms with E-state index in [9.17, 15) is 4.79 Å². The average molecular weight is 168 g/mol. The molecule has 0 bridgehead atoms. The standard InChI is InChI=1S/C8H12N2O2/c1-5-6(2)10(7(3)9-5)8(11)12-4/h1-4H3. The summed E-state index contributed by atoms with van der Waals surface area (Å²) in [5.74, 6) is 0.664. The summed E-state index contributed by atoms with van der Waals surface area (Å²) in [5, 5.41) is 0. The van der Waals surface area contributed by atoms with Gasteiger partial charge in [0.15, 0.2) is 0 Å². The van der Waals surface area contributed by atoms with Crippen LogP contribution < -0.4 is 0 Å². The van der Waals surface area contributed by atoms with E-state index >= 15 is 0 Å². The molecule has 0 saturated carbocycles. The summed E-state index contributed by atoms with van der Waals surface area (Å²) in [6.07, 6.45) is -0.384. The van der Waals surface area contributed by atoms with Crippen LogP contribution >= 0.6 is 0 Å². The Morgan fingerprint density at radius 3 is 2.33 bits per heavy atom. The summed E-state index contributed by atoms with van der Waals surface area (Å²) in [6.45, 7) is 5.48. The number of hydrogen-bond donors (Lipinski definition) is 0. The number of carbonyl (C=O) groups excluding carboxylic acids is 1. The molecule has 0 unspecified atom stereocenters. The fraction of sp³-hybridized carbons (Fsp3) is 0.500. The average Bonchev–Trinajstić information content (AvgIpc) is 2.26. The van der Waals surface area contributed by atoms with Gasteiger partial charge < -0.3 is 4.74 Å². The summed E-state index contributed by atoms with van der Waals surface area (Å²) in [4.78, 5) is 15.3. The number of ether oxygens (including phenoxy) is 1. The minimum atomic E-state index is -0.384. The van der Waals surface area contributed by atoms with E-state index in [1.807, 2.05) is 13.8 Å². The van der Waals surface area contributed by atoms with Gasteiger partial charge in [0, 0.05) is 5.69 Å². The molecule has 1 aromatic rings. The molecule has 0 amide bonds. The van der Waals surface area contributed by atoms with Crippen LogP contribution in [0.5, 0.6) is 0 Å². The van der Waals surface area contributed by atoms with E-state index in [4.69, 9.17) is 0 Å². The first-order valence-corrected chi connectivity index (χ1v) is 3.68. The van der Waals surface area contributed by atoms with Gasteiger partial charge in [0.05, 0.1) is 12.8 Å². The van der Waals surface area contributed by atoms with Crippen molar-refractivity contribution in [3.05, 3.63) is 17.2 Å². The normalized spacial score (nSPS) is 10.0. The topological polar surface area (TPSA) is 44.1 Å². The molecule has 1 rings (SSSR count). The number of nitrogens with zero attached hydrogens (tertiary/aromatic N) is 2. The Labute approximate surface area is 71.2 Å². The second kappa shape index (κ2) is 2.97. The van der Waals surface area contributed by atoms with Crippen molar-refractivity contribution in [1.82, 2.24) is 9.55 Å². The highest BCUT2D eigenvalue weighted by molar-refractivity contribution is 5.72. The number of methoxy groups -OCH3 is 1. The van der Waals surface area contributed by atoms with Crippen LogP contribution in [0.2, 0.25) is 0 Å². The molecule has 0 N–H and O–H groups in total. The zero-order chi connectivity index (χ0) is 9.30. The van der Waals surface area contributed by atoms with E-state index in [0.29, 0.717) is 5.82 Å². The van der Waals surface area contributed by atoms with Crippen LogP contribution in [-0.2, 0) is 4.74 Å². The van der Waals surface area contributed by atoms with Gasteiger partial charge in [-0.05, 0) is 20.8 Å². The summed E-state index contributed by atoms with van der Waals surface area (Å²) in [7, 11) is 1.36. The monoisotopic (exact) mass is 168 g/mol. The summed E-state index contributed by atoms with van der Waals surface area (Å²) in [5.41, 5.74) is 1.69. The van der Waals surface area contributed by atoms with Crippen molar-refractivity contribution in [2.75, 3.05) is 7.11 Å². The van der Waals surface area contributed by atoms with E-state index < -0.39 is 0 Å². The second-order valence-electron chi connectivity index (χ2n) is 2.64. The largest absolute Gasteiger partial charge is 0.452 e. The SMILES string of the molecule is COC(=O)n1c(C)nc(C)c1C. The van der Waals surface area contributed by atoms with E-state index in [1.165, 1.54) is 11.7 Å². The van der Waals surface area contributed by atoms with E-state index in [1.54, 1.807) is 6.92 Å². The predicted octanol–water partition coefficient (Wildman–Crippen LogP) is 1.42. The molecule has 1 heterocycles. The fourth-order valence-electron chi connectivity index (χ4n) is 1.14. The van der Waals surface area contributed by atoms with Crippen molar-refractivity contribution in [2.24, 2.45) is 0 Å². The maximum atomic E-state index is 11.2. The lowest BCUT2D eigenvalue weighted by Crippen LogP contribution is -2.14. The number of imidazole rings is 1. The quantitative estimate of drug-likeness (QED) is 0.588. The van der Waals surface area contributed by atoms with Crippen LogP contribution in [-0.4, -0.2) is 22.8 Å². The molecule has 0 aromatic carbocycles. The van der Waals surface area contributed by atoms with Crippen molar-refractivity contribution in [1.29, 1.82) is 0 Å². The zero-order valence-electron chi connectivity index (χ0n) is 7.71. The van der Waals surface area contributed by atoms with Crippen LogP contribution in [0.15, 0.2) is 0 Å². The minimum Gasteiger partial charge on any atom is -0.452 e. The fourth-order valence-corrected chi connectivity index (χ4v) is 1.14. The first kappa shape index (κ1) is 8.77. The third kappa shape index (κ3) is 1.20. The Hall–Kier alpha value is -1.32. The van der Waals surface area contributed by atoms with Crippen molar-refractivity contribution < 1.29 is 9.53 Å². The molecule has 0 aliphatic carbocycles. The van der Waals surface area contributed by atoms with Crippen LogP contribution in [0.25, 0.3) is 0 Å². The summed E-state index contributed by atoms with van der Waals surface area (Å²) in [6, 6.07) is 0. The Morgan fingerprint density at radius 1 is 1.42 bits per heavy atom. The van der Waals surface area contributed by atoms with Crippen molar-refractivity contribution in [2.45, 2.75) is 20.8 Å². The Bertz CT molecular complexity index is 315. The van der Waals surface area contributed by atoms with Gasteiger partial charge in [-0.25, -0.2) is 14.3 Å². The molecule has 4 heteroatoms. The maximum Gasteiger partial charge on any atom is 0.419 e. The Balaban J connectivity index is 3.22. The smallest absolute Gasteiger partial charge is 0.419 e. The highest BCUT2D eigenvalue weighted by atomic mass is 16.5. The Kier molecular flexibility index (Phi) is 2.17. The highest BCUT2D eigenvalue weighted by Crippen LogP contribution is 2.09. The molecule has 0 atom stereocenters. The van der Waals surface area contributed by atoms with E-state index in [0.717, 1.165) is 11.4 Å². The van der Waals surface area contributed by atoms with Gasteiger partial charge in [0.25, 0.3) is 0 Å². The number of aryl methyl sites for hydroxylation is 2. The van der Waals surface area contributed by atoms with E-state index in [-0.39, 0.29) is 6.09 Å². The molecule has 0 saturated heterocycles. The summed E-state index contributed by atoms with van der Waals surface area (Å²) < 4.78 is 6.05. The van der Waals surface area contributed by atoms with Crippen LogP contribution in [0.3, 0.4) is 0 Å². The van der Waals surface area contributed by atoms with Gasteiger partial charge in [0.1, 0.15) is 5.82 Å². The van der Waals surface area contributed by atoms with Gasteiger partial charge in [-0.2, -0.15) is 0 Å². The lowest BCUT2D eigenvalue weighted by molar-refractivity contribution is 0.171. The zero-order valence-corrected chi connectivity index (χ0v) is 7.71. The molecule has 1 aromatic heterocycles. The van der Waals surface area contributed by atoms with Crippen molar-refractivity contribution in [3.63, 3.8) is 0 Å². The molecular weight excluding hydrogens is 156 g/mol. The molecule has 0 aliphatic rings. The molecule has 4 nitrogen and oxygen atoms in total. The number of aromatic nitrogens is 2. The number of carbonyl (C=O) groups is 1. The maximum absolute atomic E-state index is 11.2. The molecular formula is C8H12N2O2. The molecule has 0 fully saturated rings. The predicted molar refractivity (Wildman–Crippen MR) is 44.2 cm³/mol. The highest BCUT2D eigenvalue weighted by Gasteiger charge is 2.13. The van der Waals surface area contributed by atoms with Gasteiger partial charge in [-0.15, -0.1) is 0 Å². The summed E-state index contributed by atoms with van der Waals surface area (Å²) >= 11 is 0. The first-order chi connectivity index (χ1) is 5.57. The van der Waals surface area contributed by atoms with Gasteiger partial charge >= 0.3 is 6.09 Å². The van der Waals surface area contributed by atoms with Gasteiger partial charge in [0.2, 0.25) is 0 Å². The van der Waals surface area contributed by atoms with E-state index in [2.05, 4.69) is 9.72 Å². The van der Waals surface area contributed by atoms with Crippen molar-refractivity contribution in [3.8, 4) is 0 Å².